The number of hydrogen-bond acceptors (Lipinski definition) is 2. The minimum atomic E-state index is 0.410. The Balaban J connectivity index is 2.54. The van der Waals surface area contributed by atoms with E-state index in [9.17, 15) is 0 Å². The zero-order chi connectivity index (χ0) is 10.8. The van der Waals surface area contributed by atoms with E-state index >= 15 is 0 Å². The highest BCUT2D eigenvalue weighted by Gasteiger charge is 2.07. The molecule has 0 saturated heterocycles. The molecule has 3 nitrogen and oxygen atoms in total. The van der Waals surface area contributed by atoms with Crippen molar-refractivity contribution in [1.29, 1.82) is 5.26 Å². The summed E-state index contributed by atoms with van der Waals surface area (Å²) >= 11 is 5.89. The first kappa shape index (κ1) is 9.75. The van der Waals surface area contributed by atoms with Crippen molar-refractivity contribution in [2.24, 2.45) is 7.05 Å². The van der Waals surface area contributed by atoms with Gasteiger partial charge in [0.15, 0.2) is 5.69 Å². The van der Waals surface area contributed by atoms with E-state index in [0.717, 1.165) is 11.4 Å². The summed E-state index contributed by atoms with van der Waals surface area (Å²) in [6, 6.07) is 9.41. The monoisotopic (exact) mass is 217 g/mol. The average molecular weight is 218 g/mol. The standard InChI is InChI=1S/C11H8ClN3/c1-15-7-10(6-13)14-11(15)8-3-2-4-9(12)5-8/h2-5,7H,1H3. The maximum Gasteiger partial charge on any atom is 0.159 e. The zero-order valence-corrected chi connectivity index (χ0v) is 8.86. The molecule has 0 saturated carbocycles. The third-order valence-electron chi connectivity index (χ3n) is 2.07. The predicted molar refractivity (Wildman–Crippen MR) is 58.4 cm³/mol. The lowest BCUT2D eigenvalue weighted by Gasteiger charge is -2.01. The van der Waals surface area contributed by atoms with Gasteiger partial charge < -0.3 is 4.57 Å². The molecule has 74 valence electrons. The molecule has 0 radical (unpaired) electrons. The summed E-state index contributed by atoms with van der Waals surface area (Å²) in [5.41, 5.74) is 1.32. The Morgan fingerprint density at radius 1 is 1.47 bits per heavy atom. The molecule has 0 amide bonds. The number of nitrogens with zero attached hydrogens (tertiary/aromatic N) is 3. The van der Waals surface area contributed by atoms with Gasteiger partial charge in [-0.3, -0.25) is 0 Å². The van der Waals surface area contributed by atoms with Crippen molar-refractivity contribution in [2.75, 3.05) is 0 Å². The normalized spacial score (nSPS) is 9.93. The Bertz CT molecular complexity index is 537. The third-order valence-corrected chi connectivity index (χ3v) is 2.31. The quantitative estimate of drug-likeness (QED) is 0.737. The van der Waals surface area contributed by atoms with Crippen LogP contribution in [0.15, 0.2) is 30.5 Å². The van der Waals surface area contributed by atoms with E-state index in [1.165, 1.54) is 0 Å². The number of aryl methyl sites for hydroxylation is 1. The van der Waals surface area contributed by atoms with Gasteiger partial charge >= 0.3 is 0 Å². The van der Waals surface area contributed by atoms with E-state index in [2.05, 4.69) is 4.98 Å². The van der Waals surface area contributed by atoms with Crippen LogP contribution >= 0.6 is 11.6 Å². The molecule has 0 aliphatic carbocycles. The van der Waals surface area contributed by atoms with Crippen LogP contribution < -0.4 is 0 Å². The minimum Gasteiger partial charge on any atom is -0.333 e. The molecule has 1 heterocycles. The summed E-state index contributed by atoms with van der Waals surface area (Å²) in [5.74, 6) is 0.744. The molecule has 2 rings (SSSR count). The molecule has 0 fully saturated rings. The number of imidazole rings is 1. The van der Waals surface area contributed by atoms with E-state index < -0.39 is 0 Å². The topological polar surface area (TPSA) is 41.6 Å². The molecule has 0 bridgehead atoms. The van der Waals surface area contributed by atoms with Crippen molar-refractivity contribution >= 4 is 11.6 Å². The molecule has 1 aromatic heterocycles. The first-order chi connectivity index (χ1) is 7.20. The Hall–Kier alpha value is -1.79. The van der Waals surface area contributed by atoms with Gasteiger partial charge in [0.1, 0.15) is 11.9 Å². The summed E-state index contributed by atoms with van der Waals surface area (Å²) in [4.78, 5) is 4.18. The van der Waals surface area contributed by atoms with E-state index in [0.29, 0.717) is 10.7 Å². The van der Waals surface area contributed by atoms with Crippen molar-refractivity contribution in [2.45, 2.75) is 0 Å². The van der Waals surface area contributed by atoms with Crippen LogP contribution in [-0.4, -0.2) is 9.55 Å². The van der Waals surface area contributed by atoms with Crippen molar-refractivity contribution in [3.8, 4) is 17.5 Å². The Labute approximate surface area is 92.6 Å². The average Bonchev–Trinajstić information content (AvgIpc) is 2.60. The second kappa shape index (κ2) is 3.76. The molecular formula is C11H8ClN3. The molecule has 0 aliphatic heterocycles. The molecule has 4 heteroatoms. The van der Waals surface area contributed by atoms with E-state index in [-0.39, 0.29) is 0 Å². The van der Waals surface area contributed by atoms with Gasteiger partial charge in [0.2, 0.25) is 0 Å². The van der Waals surface area contributed by atoms with Crippen LogP contribution in [0.4, 0.5) is 0 Å². The molecule has 0 spiro atoms. The number of halogens is 1. The predicted octanol–water partition coefficient (Wildman–Crippen LogP) is 2.61. The van der Waals surface area contributed by atoms with Crippen molar-refractivity contribution in [3.05, 3.63) is 41.2 Å². The van der Waals surface area contributed by atoms with Crippen molar-refractivity contribution in [3.63, 3.8) is 0 Å². The van der Waals surface area contributed by atoms with Gasteiger partial charge in [-0.2, -0.15) is 5.26 Å². The fourth-order valence-electron chi connectivity index (χ4n) is 1.42. The van der Waals surface area contributed by atoms with Crippen LogP contribution in [0.1, 0.15) is 5.69 Å². The number of benzene rings is 1. The largest absolute Gasteiger partial charge is 0.333 e. The summed E-state index contributed by atoms with van der Waals surface area (Å²) in [6.07, 6.45) is 1.69. The Morgan fingerprint density at radius 3 is 2.87 bits per heavy atom. The number of nitriles is 1. The first-order valence-electron chi connectivity index (χ1n) is 4.40. The lowest BCUT2D eigenvalue weighted by molar-refractivity contribution is 0.924. The maximum atomic E-state index is 8.72. The highest BCUT2D eigenvalue weighted by atomic mass is 35.5. The van der Waals surface area contributed by atoms with Gasteiger partial charge in [-0.15, -0.1) is 0 Å². The smallest absolute Gasteiger partial charge is 0.159 e. The second-order valence-electron chi connectivity index (χ2n) is 3.18. The second-order valence-corrected chi connectivity index (χ2v) is 3.62. The zero-order valence-electron chi connectivity index (χ0n) is 8.11. The lowest BCUT2D eigenvalue weighted by atomic mass is 10.2. The molecule has 0 N–H and O–H groups in total. The number of rotatable bonds is 1. The summed E-state index contributed by atoms with van der Waals surface area (Å²) in [7, 11) is 1.85. The van der Waals surface area contributed by atoms with Crippen LogP contribution in [0.3, 0.4) is 0 Å². The molecule has 0 aliphatic rings. The van der Waals surface area contributed by atoms with Gasteiger partial charge in [-0.1, -0.05) is 23.7 Å². The van der Waals surface area contributed by atoms with Gasteiger partial charge in [0.25, 0.3) is 0 Å². The SMILES string of the molecule is Cn1cc(C#N)nc1-c1cccc(Cl)c1. The van der Waals surface area contributed by atoms with Gasteiger partial charge in [0.05, 0.1) is 0 Å². The fourth-order valence-corrected chi connectivity index (χ4v) is 1.61. The fraction of sp³-hybridized carbons (Fsp3) is 0.0909. The van der Waals surface area contributed by atoms with Gasteiger partial charge in [0, 0.05) is 23.8 Å². The van der Waals surface area contributed by atoms with E-state index in [1.807, 2.05) is 35.9 Å². The number of aromatic nitrogens is 2. The first-order valence-corrected chi connectivity index (χ1v) is 4.78. The molecule has 1 aromatic carbocycles. The maximum absolute atomic E-state index is 8.72. The van der Waals surface area contributed by atoms with E-state index in [1.54, 1.807) is 12.3 Å². The Morgan fingerprint density at radius 2 is 2.27 bits per heavy atom. The van der Waals surface area contributed by atoms with Crippen LogP contribution in [0.25, 0.3) is 11.4 Å². The van der Waals surface area contributed by atoms with Crippen molar-refractivity contribution in [1.82, 2.24) is 9.55 Å². The van der Waals surface area contributed by atoms with Crippen molar-refractivity contribution < 1.29 is 0 Å². The molecular weight excluding hydrogens is 210 g/mol. The minimum absolute atomic E-state index is 0.410. The van der Waals surface area contributed by atoms with Crippen LogP contribution in [-0.2, 0) is 7.05 Å². The van der Waals surface area contributed by atoms with E-state index in [4.69, 9.17) is 16.9 Å². The Kier molecular flexibility index (Phi) is 2.44. The highest BCUT2D eigenvalue weighted by Crippen LogP contribution is 2.21. The summed E-state index contributed by atoms with van der Waals surface area (Å²) in [5, 5.41) is 9.39. The molecule has 2 aromatic rings. The van der Waals surface area contributed by atoms with Crippen LogP contribution in [0.2, 0.25) is 5.02 Å². The molecule has 0 unspecified atom stereocenters. The summed E-state index contributed by atoms with van der Waals surface area (Å²) in [6.45, 7) is 0. The van der Waals surface area contributed by atoms with Gasteiger partial charge in [-0.25, -0.2) is 4.98 Å². The van der Waals surface area contributed by atoms with Crippen LogP contribution in [0, 0.1) is 11.3 Å². The highest BCUT2D eigenvalue weighted by molar-refractivity contribution is 6.30. The summed E-state index contributed by atoms with van der Waals surface area (Å²) < 4.78 is 1.81. The lowest BCUT2D eigenvalue weighted by Crippen LogP contribution is -1.90. The van der Waals surface area contributed by atoms with Gasteiger partial charge in [-0.05, 0) is 12.1 Å². The molecule has 0 atom stereocenters. The molecule has 15 heavy (non-hydrogen) atoms. The van der Waals surface area contributed by atoms with Crippen LogP contribution in [0.5, 0.6) is 0 Å². The third kappa shape index (κ3) is 1.85. The number of hydrogen-bond donors (Lipinski definition) is 0.